The molecule has 0 unspecified atom stereocenters. The second kappa shape index (κ2) is 9.04. The van der Waals surface area contributed by atoms with E-state index in [9.17, 15) is 14.9 Å². The van der Waals surface area contributed by atoms with Gasteiger partial charge in [0.2, 0.25) is 0 Å². The molecule has 4 aromatic rings. The lowest BCUT2D eigenvalue weighted by Crippen LogP contribution is -2.30. The van der Waals surface area contributed by atoms with Gasteiger partial charge in [0.1, 0.15) is 5.69 Å². The summed E-state index contributed by atoms with van der Waals surface area (Å²) in [6.45, 7) is 0.789. The van der Waals surface area contributed by atoms with Crippen molar-refractivity contribution < 1.29 is 9.72 Å². The van der Waals surface area contributed by atoms with Crippen LogP contribution in [0.25, 0.3) is 5.69 Å². The molecule has 1 heterocycles. The Hall–Kier alpha value is -4.26. The van der Waals surface area contributed by atoms with Crippen molar-refractivity contribution in [3.8, 4) is 5.69 Å². The molecule has 0 fully saturated rings. The third-order valence-corrected chi connectivity index (χ3v) is 4.92. The number of benzene rings is 3. The predicted octanol–water partition coefficient (Wildman–Crippen LogP) is 4.62. The van der Waals surface area contributed by atoms with Crippen LogP contribution in [0.2, 0.25) is 0 Å². The Kier molecular flexibility index (Phi) is 5.84. The van der Waals surface area contributed by atoms with E-state index in [1.807, 2.05) is 60.7 Å². The maximum absolute atomic E-state index is 13.4. The van der Waals surface area contributed by atoms with Gasteiger partial charge in [0.15, 0.2) is 0 Å². The van der Waals surface area contributed by atoms with Crippen LogP contribution in [0.3, 0.4) is 0 Å². The van der Waals surface area contributed by atoms with E-state index < -0.39 is 4.92 Å². The lowest BCUT2D eigenvalue weighted by Gasteiger charge is -2.23. The van der Waals surface area contributed by atoms with Crippen LogP contribution < -0.4 is 0 Å². The highest BCUT2D eigenvalue weighted by molar-refractivity contribution is 5.95. The number of carbonyl (C=O) groups is 1. The summed E-state index contributed by atoms with van der Waals surface area (Å²) in [4.78, 5) is 30.3. The Bertz CT molecular complexity index is 1130. The van der Waals surface area contributed by atoms with Crippen LogP contribution >= 0.6 is 0 Å². The van der Waals surface area contributed by atoms with Gasteiger partial charge in [-0.3, -0.25) is 14.9 Å². The van der Waals surface area contributed by atoms with E-state index >= 15 is 0 Å². The minimum Gasteiger partial charge on any atom is -0.330 e. The molecule has 0 radical (unpaired) electrons. The minimum atomic E-state index is -0.481. The highest BCUT2D eigenvalue weighted by Crippen LogP contribution is 2.25. The molecule has 0 spiro atoms. The molecule has 0 saturated carbocycles. The summed E-state index contributed by atoms with van der Waals surface area (Å²) in [7, 11) is 0. The van der Waals surface area contributed by atoms with Gasteiger partial charge in [0.25, 0.3) is 11.6 Å². The Morgan fingerprint density at radius 3 is 2.06 bits per heavy atom. The van der Waals surface area contributed by atoms with E-state index in [1.54, 1.807) is 34.0 Å². The predicted molar refractivity (Wildman–Crippen MR) is 117 cm³/mol. The topological polar surface area (TPSA) is 81.3 Å². The Labute approximate surface area is 179 Å². The van der Waals surface area contributed by atoms with E-state index in [-0.39, 0.29) is 17.2 Å². The van der Waals surface area contributed by atoms with Crippen LogP contribution in [-0.2, 0) is 13.1 Å². The fraction of sp³-hybridized carbons (Fsp3) is 0.0833. The summed E-state index contributed by atoms with van der Waals surface area (Å²) < 4.78 is 1.55. The van der Waals surface area contributed by atoms with Gasteiger partial charge in [-0.05, 0) is 23.3 Å². The highest BCUT2D eigenvalue weighted by atomic mass is 16.6. The number of carbonyl (C=O) groups excluding carboxylic acids is 1. The van der Waals surface area contributed by atoms with Crippen LogP contribution in [0.15, 0.2) is 97.6 Å². The van der Waals surface area contributed by atoms with Gasteiger partial charge in [0.05, 0.1) is 11.3 Å². The zero-order valence-electron chi connectivity index (χ0n) is 16.7. The fourth-order valence-electron chi connectivity index (χ4n) is 3.41. The van der Waals surface area contributed by atoms with Crippen molar-refractivity contribution in [2.75, 3.05) is 0 Å². The summed E-state index contributed by atoms with van der Waals surface area (Å²) in [6, 6.07) is 23.9. The van der Waals surface area contributed by atoms with Crippen LogP contribution in [0.1, 0.15) is 21.5 Å². The van der Waals surface area contributed by atoms with Gasteiger partial charge in [0, 0.05) is 37.1 Å². The molecule has 1 aromatic heterocycles. The highest BCUT2D eigenvalue weighted by Gasteiger charge is 2.22. The molecule has 0 aliphatic carbocycles. The molecule has 1 amide bonds. The summed E-state index contributed by atoms with van der Waals surface area (Å²) >= 11 is 0. The second-order valence-electron chi connectivity index (χ2n) is 7.06. The van der Waals surface area contributed by atoms with Crippen molar-refractivity contribution in [3.63, 3.8) is 0 Å². The van der Waals surface area contributed by atoms with E-state index in [0.717, 1.165) is 11.1 Å². The van der Waals surface area contributed by atoms with Crippen molar-refractivity contribution in [2.45, 2.75) is 13.1 Å². The molecule has 0 atom stereocenters. The first kappa shape index (κ1) is 20.0. The number of hydrogen-bond acceptors (Lipinski definition) is 4. The minimum absolute atomic E-state index is 0.150. The Morgan fingerprint density at radius 1 is 0.935 bits per heavy atom. The first-order valence-electron chi connectivity index (χ1n) is 9.76. The molecule has 0 saturated heterocycles. The molecule has 0 aliphatic heterocycles. The van der Waals surface area contributed by atoms with Gasteiger partial charge < -0.3 is 9.47 Å². The van der Waals surface area contributed by atoms with Crippen molar-refractivity contribution in [3.05, 3.63) is 124 Å². The summed E-state index contributed by atoms with van der Waals surface area (Å²) in [6.07, 6.45) is 4.66. The van der Waals surface area contributed by atoms with Gasteiger partial charge >= 0.3 is 0 Å². The fourth-order valence-corrected chi connectivity index (χ4v) is 3.41. The lowest BCUT2D eigenvalue weighted by atomic mass is 10.1. The smallest absolute Gasteiger partial charge is 0.294 e. The van der Waals surface area contributed by atoms with Crippen LogP contribution in [0.4, 0.5) is 5.69 Å². The van der Waals surface area contributed by atoms with Gasteiger partial charge in [-0.25, -0.2) is 4.98 Å². The standard InChI is InChI=1S/C24H20N4O3/c29-24(21-11-12-22(23(15-21)28(30)31)26-14-13-25-18-26)27(16-19-7-3-1-4-8-19)17-20-9-5-2-6-10-20/h1-15,18H,16-17H2. The molecule has 31 heavy (non-hydrogen) atoms. The molecule has 4 rings (SSSR count). The van der Waals surface area contributed by atoms with Crippen molar-refractivity contribution >= 4 is 11.6 Å². The first-order valence-corrected chi connectivity index (χ1v) is 9.76. The number of nitro groups is 1. The summed E-state index contributed by atoms with van der Waals surface area (Å²) in [5.41, 5.74) is 2.44. The molecule has 0 N–H and O–H groups in total. The summed E-state index contributed by atoms with van der Waals surface area (Å²) in [5.74, 6) is -0.270. The molecule has 0 bridgehead atoms. The normalized spacial score (nSPS) is 10.6. The number of hydrogen-bond donors (Lipinski definition) is 0. The third kappa shape index (κ3) is 4.67. The zero-order chi connectivity index (χ0) is 21.6. The molecular weight excluding hydrogens is 392 g/mol. The maximum Gasteiger partial charge on any atom is 0.294 e. The number of aromatic nitrogens is 2. The number of amides is 1. The number of nitro benzene ring substituents is 1. The number of nitrogens with zero attached hydrogens (tertiary/aromatic N) is 4. The van der Waals surface area contributed by atoms with Crippen LogP contribution in [0, 0.1) is 10.1 Å². The largest absolute Gasteiger partial charge is 0.330 e. The maximum atomic E-state index is 13.4. The Morgan fingerprint density at radius 2 is 1.55 bits per heavy atom. The molecule has 7 heteroatoms. The van der Waals surface area contributed by atoms with E-state index in [4.69, 9.17) is 0 Å². The average molecular weight is 412 g/mol. The van der Waals surface area contributed by atoms with E-state index in [0.29, 0.717) is 18.8 Å². The van der Waals surface area contributed by atoms with Gasteiger partial charge in [-0.1, -0.05) is 60.7 Å². The van der Waals surface area contributed by atoms with Crippen molar-refractivity contribution in [1.29, 1.82) is 0 Å². The zero-order valence-corrected chi connectivity index (χ0v) is 16.7. The van der Waals surface area contributed by atoms with Crippen molar-refractivity contribution in [2.24, 2.45) is 0 Å². The first-order chi connectivity index (χ1) is 15.1. The monoisotopic (exact) mass is 412 g/mol. The average Bonchev–Trinajstić information content (AvgIpc) is 3.34. The van der Waals surface area contributed by atoms with Crippen LogP contribution in [-0.4, -0.2) is 25.3 Å². The molecule has 0 aliphatic rings. The van der Waals surface area contributed by atoms with Gasteiger partial charge in [-0.2, -0.15) is 0 Å². The van der Waals surface area contributed by atoms with E-state index in [1.165, 1.54) is 12.4 Å². The third-order valence-electron chi connectivity index (χ3n) is 4.92. The molecule has 154 valence electrons. The number of rotatable bonds is 7. The lowest BCUT2D eigenvalue weighted by molar-refractivity contribution is -0.384. The summed E-state index contributed by atoms with van der Waals surface area (Å²) in [5, 5.41) is 11.7. The SMILES string of the molecule is O=C(c1ccc(-n2ccnc2)c([N+](=O)[O-])c1)N(Cc1ccccc1)Cc1ccccc1. The van der Waals surface area contributed by atoms with Gasteiger partial charge in [-0.15, -0.1) is 0 Å². The van der Waals surface area contributed by atoms with Crippen LogP contribution in [0.5, 0.6) is 0 Å². The van der Waals surface area contributed by atoms with E-state index in [2.05, 4.69) is 4.98 Å². The molecule has 3 aromatic carbocycles. The molecular formula is C24H20N4O3. The second-order valence-corrected chi connectivity index (χ2v) is 7.06. The number of imidazole rings is 1. The molecule has 7 nitrogen and oxygen atoms in total. The Balaban J connectivity index is 1.68. The quantitative estimate of drug-likeness (QED) is 0.328. The van der Waals surface area contributed by atoms with Crippen molar-refractivity contribution in [1.82, 2.24) is 14.5 Å².